The van der Waals surface area contributed by atoms with Gasteiger partial charge in [0.05, 0.1) is 23.0 Å². The Bertz CT molecular complexity index is 576. The van der Waals surface area contributed by atoms with Gasteiger partial charge in [0.2, 0.25) is 0 Å². The molecule has 0 saturated heterocycles. The van der Waals surface area contributed by atoms with Gasteiger partial charge < -0.3 is 9.84 Å². The maximum Gasteiger partial charge on any atom is 0.139 e. The Morgan fingerprint density at radius 2 is 2.06 bits per heavy atom. The van der Waals surface area contributed by atoms with Gasteiger partial charge in [-0.25, -0.2) is 0 Å². The predicted octanol–water partition coefficient (Wildman–Crippen LogP) is 3.34. The lowest BCUT2D eigenvalue weighted by Crippen LogP contribution is -2.09. The lowest BCUT2D eigenvalue weighted by atomic mass is 10.1. The number of nitrogens with zero attached hydrogens (tertiary/aromatic N) is 2. The van der Waals surface area contributed by atoms with Crippen LogP contribution in [0.15, 0.2) is 28.8 Å². The summed E-state index contributed by atoms with van der Waals surface area (Å²) in [5.41, 5.74) is 3.38. The van der Waals surface area contributed by atoms with Crippen molar-refractivity contribution in [1.82, 2.24) is 5.16 Å². The number of nitrogens with one attached hydrogen (secondary N) is 1. The van der Waals surface area contributed by atoms with E-state index < -0.39 is 0 Å². The summed E-state index contributed by atoms with van der Waals surface area (Å²) in [5, 5.41) is 16.3. The fourth-order valence-electron chi connectivity index (χ4n) is 2.12. The molecular weight excluding hydrogens is 226 g/mol. The van der Waals surface area contributed by atoms with E-state index in [9.17, 15) is 0 Å². The molecule has 0 aliphatic heterocycles. The molecule has 1 N–H and O–H groups in total. The second kappa shape index (κ2) is 4.92. The van der Waals surface area contributed by atoms with Crippen LogP contribution in [-0.2, 0) is 0 Å². The molecule has 0 bridgehead atoms. The third-order valence-corrected chi connectivity index (χ3v) is 2.94. The lowest BCUT2D eigenvalue weighted by molar-refractivity contribution is 0.392. The topological polar surface area (TPSA) is 61.9 Å². The number of anilines is 1. The van der Waals surface area contributed by atoms with Crippen molar-refractivity contribution in [2.24, 2.45) is 0 Å². The number of para-hydroxylation sites is 1. The minimum atomic E-state index is 0.0470. The molecule has 0 spiro atoms. The molecule has 1 aromatic carbocycles. The Kier molecular flexibility index (Phi) is 3.33. The standard InChI is InChI=1S/C14H15N3O/c1-9(14-10(2)17-18-11(14)3)16-13-7-5-4-6-12(13)8-15/h4-7,9,16H,1-3H3. The van der Waals surface area contributed by atoms with Gasteiger partial charge in [0.1, 0.15) is 11.8 Å². The van der Waals surface area contributed by atoms with Crippen LogP contribution in [0.5, 0.6) is 0 Å². The summed E-state index contributed by atoms with van der Waals surface area (Å²) >= 11 is 0. The molecule has 1 aromatic heterocycles. The van der Waals surface area contributed by atoms with Crippen LogP contribution < -0.4 is 5.32 Å². The van der Waals surface area contributed by atoms with Gasteiger partial charge in [-0.1, -0.05) is 17.3 Å². The van der Waals surface area contributed by atoms with Crippen molar-refractivity contribution in [2.45, 2.75) is 26.8 Å². The third kappa shape index (κ3) is 2.21. The second-order valence-electron chi connectivity index (χ2n) is 4.26. The van der Waals surface area contributed by atoms with Gasteiger partial charge in [-0.2, -0.15) is 5.26 Å². The molecule has 0 fully saturated rings. The first-order chi connectivity index (χ1) is 8.63. The molecule has 92 valence electrons. The molecule has 1 atom stereocenters. The van der Waals surface area contributed by atoms with Crippen LogP contribution in [0.1, 0.15) is 35.5 Å². The summed E-state index contributed by atoms with van der Waals surface area (Å²) in [5.74, 6) is 0.807. The molecule has 2 rings (SSSR count). The van der Waals surface area contributed by atoms with Crippen molar-refractivity contribution in [3.63, 3.8) is 0 Å². The summed E-state index contributed by atoms with van der Waals surface area (Å²) < 4.78 is 5.16. The van der Waals surface area contributed by atoms with Gasteiger partial charge in [-0.05, 0) is 32.9 Å². The molecule has 2 aromatic rings. The molecule has 1 heterocycles. The zero-order chi connectivity index (χ0) is 13.1. The molecular formula is C14H15N3O. The van der Waals surface area contributed by atoms with Gasteiger partial charge in [0, 0.05) is 5.56 Å². The number of hydrogen-bond donors (Lipinski definition) is 1. The van der Waals surface area contributed by atoms with Crippen molar-refractivity contribution >= 4 is 5.69 Å². The normalized spacial score (nSPS) is 11.9. The third-order valence-electron chi connectivity index (χ3n) is 2.94. The Balaban J connectivity index is 2.27. The van der Waals surface area contributed by atoms with Crippen LogP contribution in [0, 0.1) is 25.2 Å². The lowest BCUT2D eigenvalue weighted by Gasteiger charge is -2.16. The Morgan fingerprint density at radius 1 is 1.33 bits per heavy atom. The van der Waals surface area contributed by atoms with Crippen LogP contribution >= 0.6 is 0 Å². The maximum absolute atomic E-state index is 9.05. The first kappa shape index (κ1) is 12.2. The van der Waals surface area contributed by atoms with E-state index in [1.54, 1.807) is 6.07 Å². The Morgan fingerprint density at radius 3 is 2.67 bits per heavy atom. The Hall–Kier alpha value is -2.28. The molecule has 0 aliphatic rings. The van der Waals surface area contributed by atoms with Gasteiger partial charge in [0.25, 0.3) is 0 Å². The molecule has 4 nitrogen and oxygen atoms in total. The minimum Gasteiger partial charge on any atom is -0.377 e. The highest BCUT2D eigenvalue weighted by Gasteiger charge is 2.16. The SMILES string of the molecule is Cc1noc(C)c1C(C)Nc1ccccc1C#N. The van der Waals surface area contributed by atoms with E-state index in [4.69, 9.17) is 9.78 Å². The van der Waals surface area contributed by atoms with Gasteiger partial charge in [-0.15, -0.1) is 0 Å². The average Bonchev–Trinajstić information content (AvgIpc) is 2.69. The van der Waals surface area contributed by atoms with Gasteiger partial charge in [0.15, 0.2) is 0 Å². The maximum atomic E-state index is 9.05. The minimum absolute atomic E-state index is 0.0470. The molecule has 0 radical (unpaired) electrons. The number of aromatic nitrogens is 1. The van der Waals surface area contributed by atoms with Crippen molar-refractivity contribution in [3.05, 3.63) is 46.8 Å². The van der Waals surface area contributed by atoms with E-state index in [0.29, 0.717) is 5.56 Å². The largest absolute Gasteiger partial charge is 0.377 e. The average molecular weight is 241 g/mol. The first-order valence-corrected chi connectivity index (χ1v) is 5.82. The zero-order valence-corrected chi connectivity index (χ0v) is 10.7. The highest BCUT2D eigenvalue weighted by molar-refractivity contribution is 5.58. The van der Waals surface area contributed by atoms with Crippen molar-refractivity contribution in [1.29, 1.82) is 5.26 Å². The van der Waals surface area contributed by atoms with E-state index in [1.165, 1.54) is 0 Å². The van der Waals surface area contributed by atoms with E-state index in [-0.39, 0.29) is 6.04 Å². The summed E-state index contributed by atoms with van der Waals surface area (Å²) in [6, 6.07) is 9.67. The van der Waals surface area contributed by atoms with Crippen LogP contribution in [0.2, 0.25) is 0 Å². The quantitative estimate of drug-likeness (QED) is 0.895. The molecule has 0 saturated carbocycles. The van der Waals surface area contributed by atoms with E-state index >= 15 is 0 Å². The summed E-state index contributed by atoms with van der Waals surface area (Å²) in [4.78, 5) is 0. The highest BCUT2D eigenvalue weighted by atomic mass is 16.5. The predicted molar refractivity (Wildman–Crippen MR) is 69.2 cm³/mol. The Labute approximate surface area is 106 Å². The van der Waals surface area contributed by atoms with Crippen LogP contribution in [-0.4, -0.2) is 5.16 Å². The molecule has 0 amide bonds. The van der Waals surface area contributed by atoms with E-state index in [1.807, 2.05) is 39.0 Å². The second-order valence-corrected chi connectivity index (χ2v) is 4.26. The van der Waals surface area contributed by atoms with Gasteiger partial charge in [-0.3, -0.25) is 0 Å². The van der Waals surface area contributed by atoms with Crippen LogP contribution in [0.4, 0.5) is 5.69 Å². The number of nitriles is 1. The summed E-state index contributed by atoms with van der Waals surface area (Å²) in [7, 11) is 0. The molecule has 18 heavy (non-hydrogen) atoms. The number of benzene rings is 1. The number of aryl methyl sites for hydroxylation is 2. The number of rotatable bonds is 3. The van der Waals surface area contributed by atoms with E-state index in [0.717, 1.165) is 22.7 Å². The van der Waals surface area contributed by atoms with E-state index in [2.05, 4.69) is 16.5 Å². The fourth-order valence-corrected chi connectivity index (χ4v) is 2.12. The van der Waals surface area contributed by atoms with Crippen LogP contribution in [0.25, 0.3) is 0 Å². The zero-order valence-electron chi connectivity index (χ0n) is 10.7. The van der Waals surface area contributed by atoms with Gasteiger partial charge >= 0.3 is 0 Å². The number of hydrogen-bond acceptors (Lipinski definition) is 4. The highest BCUT2D eigenvalue weighted by Crippen LogP contribution is 2.26. The van der Waals surface area contributed by atoms with Crippen molar-refractivity contribution < 1.29 is 4.52 Å². The molecule has 4 heteroatoms. The van der Waals surface area contributed by atoms with Crippen molar-refractivity contribution in [2.75, 3.05) is 5.32 Å². The first-order valence-electron chi connectivity index (χ1n) is 5.82. The van der Waals surface area contributed by atoms with Crippen LogP contribution in [0.3, 0.4) is 0 Å². The molecule has 0 aliphatic carbocycles. The van der Waals surface area contributed by atoms with Crippen molar-refractivity contribution in [3.8, 4) is 6.07 Å². The monoisotopic (exact) mass is 241 g/mol. The fraction of sp³-hybridized carbons (Fsp3) is 0.286. The summed E-state index contributed by atoms with van der Waals surface area (Å²) in [6.07, 6.45) is 0. The molecule has 1 unspecified atom stereocenters. The summed E-state index contributed by atoms with van der Waals surface area (Å²) in [6.45, 7) is 5.84. The smallest absolute Gasteiger partial charge is 0.139 e.